The van der Waals surface area contributed by atoms with Gasteiger partial charge in [-0.2, -0.15) is 25.3 Å². The molecule has 3 rings (SSSR count). The Morgan fingerprint density at radius 2 is 1.95 bits per heavy atom. The van der Waals surface area contributed by atoms with Crippen LogP contribution in [0.5, 0.6) is 0 Å². The van der Waals surface area contributed by atoms with Gasteiger partial charge in [0.15, 0.2) is 0 Å². The van der Waals surface area contributed by atoms with E-state index in [0.717, 1.165) is 10.4 Å². The van der Waals surface area contributed by atoms with Crippen molar-refractivity contribution in [3.8, 4) is 10.4 Å². The normalized spacial score (nSPS) is 12.6. The summed E-state index contributed by atoms with van der Waals surface area (Å²) in [6.07, 6.45) is 0. The first-order valence-electron chi connectivity index (χ1n) is 6.71. The summed E-state index contributed by atoms with van der Waals surface area (Å²) in [6, 6.07) is 11.6. The van der Waals surface area contributed by atoms with Gasteiger partial charge in [-0.1, -0.05) is 30.3 Å². The lowest BCUT2D eigenvalue weighted by molar-refractivity contribution is 0.640. The van der Waals surface area contributed by atoms with E-state index in [1.165, 1.54) is 15.9 Å². The number of H-pyrrole nitrogens is 1. The minimum absolute atomic E-state index is 0.146. The summed E-state index contributed by atoms with van der Waals surface area (Å²) >= 11 is 9.85. The summed E-state index contributed by atoms with van der Waals surface area (Å²) in [5, 5.41) is 0.384. The van der Waals surface area contributed by atoms with Crippen LogP contribution in [0.15, 0.2) is 46.0 Å². The number of fused-ring (bicyclic) bond motifs is 1. The number of thiol groups is 2. The van der Waals surface area contributed by atoms with Crippen LogP contribution >= 0.6 is 36.6 Å². The Balaban J connectivity index is 2.15. The molecule has 1 unspecified atom stereocenters. The van der Waals surface area contributed by atoms with Crippen molar-refractivity contribution in [1.29, 1.82) is 0 Å². The number of hydrogen-bond acceptors (Lipinski definition) is 5. The highest BCUT2D eigenvalue weighted by Gasteiger charge is 2.14. The highest BCUT2D eigenvalue weighted by atomic mass is 32.1. The van der Waals surface area contributed by atoms with Crippen molar-refractivity contribution < 1.29 is 0 Å². The zero-order valence-electron chi connectivity index (χ0n) is 11.5. The SMILES string of the molecule is O=c1[nH]c2sc(-c3ccccc3)cc2c(=O)n1CC(S)CS. The zero-order chi connectivity index (χ0) is 15.7. The van der Waals surface area contributed by atoms with Crippen LogP contribution in [0.1, 0.15) is 0 Å². The van der Waals surface area contributed by atoms with Crippen LogP contribution in [0, 0.1) is 0 Å². The Kier molecular flexibility index (Phi) is 4.46. The van der Waals surface area contributed by atoms with E-state index in [9.17, 15) is 9.59 Å². The predicted octanol–water partition coefficient (Wildman–Crippen LogP) is 2.65. The predicted molar refractivity (Wildman–Crippen MR) is 98.8 cm³/mol. The number of benzene rings is 1. The molecular weight excluding hydrogens is 336 g/mol. The first-order valence-corrected chi connectivity index (χ1v) is 8.67. The second kappa shape index (κ2) is 6.36. The molecule has 0 saturated carbocycles. The molecule has 0 radical (unpaired) electrons. The molecule has 0 saturated heterocycles. The van der Waals surface area contributed by atoms with Gasteiger partial charge in [-0.05, 0) is 11.6 Å². The Morgan fingerprint density at radius 3 is 2.64 bits per heavy atom. The van der Waals surface area contributed by atoms with E-state index < -0.39 is 5.69 Å². The summed E-state index contributed by atoms with van der Waals surface area (Å²) in [6.45, 7) is 0.243. The molecule has 22 heavy (non-hydrogen) atoms. The van der Waals surface area contributed by atoms with Gasteiger partial charge in [0, 0.05) is 22.4 Å². The van der Waals surface area contributed by atoms with E-state index in [0.29, 0.717) is 16.0 Å². The number of thiophene rings is 1. The minimum Gasteiger partial charge on any atom is -0.298 e. The Morgan fingerprint density at radius 1 is 1.23 bits per heavy atom. The zero-order valence-corrected chi connectivity index (χ0v) is 14.1. The third kappa shape index (κ3) is 2.88. The second-order valence-corrected chi connectivity index (χ2v) is 7.05. The maximum atomic E-state index is 12.5. The van der Waals surface area contributed by atoms with E-state index >= 15 is 0 Å². The van der Waals surface area contributed by atoms with Crippen LogP contribution in [0.3, 0.4) is 0 Å². The smallest absolute Gasteiger partial charge is 0.298 e. The van der Waals surface area contributed by atoms with Gasteiger partial charge >= 0.3 is 5.69 Å². The van der Waals surface area contributed by atoms with E-state index in [1.807, 2.05) is 36.4 Å². The molecule has 1 aromatic carbocycles. The fraction of sp³-hybridized carbons (Fsp3) is 0.200. The molecule has 4 nitrogen and oxygen atoms in total. The molecule has 0 spiro atoms. The lowest BCUT2D eigenvalue weighted by atomic mass is 10.2. The van der Waals surface area contributed by atoms with Crippen LogP contribution in [0.4, 0.5) is 0 Å². The molecule has 3 aromatic rings. The summed E-state index contributed by atoms with van der Waals surface area (Å²) in [5.41, 5.74) is 0.343. The summed E-state index contributed by atoms with van der Waals surface area (Å²) in [7, 11) is 0. The first-order chi connectivity index (χ1) is 10.6. The maximum absolute atomic E-state index is 12.5. The van der Waals surface area contributed by atoms with Gasteiger partial charge in [-0.3, -0.25) is 14.3 Å². The van der Waals surface area contributed by atoms with Gasteiger partial charge in [0.25, 0.3) is 5.56 Å². The topological polar surface area (TPSA) is 54.9 Å². The van der Waals surface area contributed by atoms with E-state index in [2.05, 4.69) is 30.2 Å². The van der Waals surface area contributed by atoms with Crippen LogP contribution in [-0.4, -0.2) is 20.6 Å². The molecule has 0 aliphatic carbocycles. The molecule has 0 amide bonds. The maximum Gasteiger partial charge on any atom is 0.329 e. The van der Waals surface area contributed by atoms with Crippen LogP contribution in [0.25, 0.3) is 20.7 Å². The Labute approximate surface area is 141 Å². The third-order valence-electron chi connectivity index (χ3n) is 3.34. The second-order valence-electron chi connectivity index (χ2n) is 4.90. The summed E-state index contributed by atoms with van der Waals surface area (Å²) in [5.74, 6) is 0.492. The van der Waals surface area contributed by atoms with E-state index in [4.69, 9.17) is 0 Å². The van der Waals surface area contributed by atoms with Crippen molar-refractivity contribution in [1.82, 2.24) is 9.55 Å². The lowest BCUT2D eigenvalue weighted by Crippen LogP contribution is -2.37. The Hall–Kier alpha value is -1.44. The molecule has 0 fully saturated rings. The van der Waals surface area contributed by atoms with Crippen LogP contribution < -0.4 is 11.2 Å². The highest BCUT2D eigenvalue weighted by molar-refractivity contribution is 7.84. The standard InChI is InChI=1S/C15H14N2O2S3/c18-14-11-6-12(9-4-2-1-3-5-9)22-13(11)16-15(19)17(14)7-10(21)8-20/h1-6,10,20-21H,7-8H2,(H,16,19). The number of aromatic amines is 1. The summed E-state index contributed by atoms with van der Waals surface area (Å²) in [4.78, 5) is 29.0. The largest absolute Gasteiger partial charge is 0.329 e. The average molecular weight is 350 g/mol. The van der Waals surface area contributed by atoms with Crippen molar-refractivity contribution in [3.05, 3.63) is 57.2 Å². The van der Waals surface area contributed by atoms with Crippen molar-refractivity contribution in [2.75, 3.05) is 5.75 Å². The van der Waals surface area contributed by atoms with Crippen LogP contribution in [0.2, 0.25) is 0 Å². The number of nitrogens with zero attached hydrogens (tertiary/aromatic N) is 1. The fourth-order valence-corrected chi connectivity index (χ4v) is 3.55. The molecule has 7 heteroatoms. The Bertz CT molecular complexity index is 912. The molecule has 2 aromatic heterocycles. The van der Waals surface area contributed by atoms with Crippen molar-refractivity contribution >= 4 is 46.8 Å². The molecule has 1 atom stereocenters. The molecule has 0 bridgehead atoms. The molecule has 2 heterocycles. The molecule has 0 aliphatic rings. The summed E-state index contributed by atoms with van der Waals surface area (Å²) < 4.78 is 1.19. The van der Waals surface area contributed by atoms with E-state index in [1.54, 1.807) is 0 Å². The monoisotopic (exact) mass is 350 g/mol. The number of hydrogen-bond donors (Lipinski definition) is 3. The van der Waals surface area contributed by atoms with Gasteiger partial charge in [-0.25, -0.2) is 4.79 Å². The fourth-order valence-electron chi connectivity index (χ4n) is 2.22. The van der Waals surface area contributed by atoms with Gasteiger partial charge in [0.05, 0.1) is 5.39 Å². The quantitative estimate of drug-likeness (QED) is 0.634. The molecule has 114 valence electrons. The van der Waals surface area contributed by atoms with Crippen molar-refractivity contribution in [3.63, 3.8) is 0 Å². The molecule has 0 aliphatic heterocycles. The first kappa shape index (κ1) is 15.5. The van der Waals surface area contributed by atoms with E-state index in [-0.39, 0.29) is 17.4 Å². The third-order valence-corrected chi connectivity index (χ3v) is 5.51. The number of rotatable bonds is 4. The van der Waals surface area contributed by atoms with Gasteiger partial charge < -0.3 is 0 Å². The molecule has 1 N–H and O–H groups in total. The minimum atomic E-state index is -0.403. The number of aromatic nitrogens is 2. The van der Waals surface area contributed by atoms with Crippen molar-refractivity contribution in [2.45, 2.75) is 11.8 Å². The van der Waals surface area contributed by atoms with Crippen molar-refractivity contribution in [2.24, 2.45) is 0 Å². The van der Waals surface area contributed by atoms with Gasteiger partial charge in [-0.15, -0.1) is 11.3 Å². The lowest BCUT2D eigenvalue weighted by Gasteiger charge is -2.08. The van der Waals surface area contributed by atoms with Gasteiger partial charge in [0.2, 0.25) is 0 Å². The van der Waals surface area contributed by atoms with Gasteiger partial charge in [0.1, 0.15) is 4.83 Å². The number of nitrogens with one attached hydrogen (secondary N) is 1. The van der Waals surface area contributed by atoms with Crippen LogP contribution in [-0.2, 0) is 6.54 Å². The average Bonchev–Trinajstić information content (AvgIpc) is 2.96. The molecular formula is C15H14N2O2S3. The highest BCUT2D eigenvalue weighted by Crippen LogP contribution is 2.30.